The van der Waals surface area contributed by atoms with Gasteiger partial charge in [-0.25, -0.2) is 0 Å². The Hall–Kier alpha value is -4.26. The van der Waals surface area contributed by atoms with Crippen LogP contribution < -0.4 is 4.74 Å². The van der Waals surface area contributed by atoms with Gasteiger partial charge in [0.1, 0.15) is 23.7 Å². The van der Waals surface area contributed by atoms with E-state index < -0.39 is 13.7 Å². The zero-order valence-corrected chi connectivity index (χ0v) is 28.2. The minimum absolute atomic E-state index is 0.0225. The summed E-state index contributed by atoms with van der Waals surface area (Å²) in [6, 6.07) is 21.9. The number of hydrogen-bond donors (Lipinski definition) is 1. The molecule has 45 heavy (non-hydrogen) atoms. The van der Waals surface area contributed by atoms with Crippen LogP contribution in [-0.4, -0.2) is 51.8 Å². The summed E-state index contributed by atoms with van der Waals surface area (Å²) in [5, 5.41) is 14.2. The molecule has 234 valence electrons. The highest BCUT2D eigenvalue weighted by atomic mass is 28.4. The molecule has 1 amide bonds. The van der Waals surface area contributed by atoms with Crippen molar-refractivity contribution in [3.63, 3.8) is 0 Å². The molecule has 0 spiro atoms. The van der Waals surface area contributed by atoms with Crippen LogP contribution >= 0.6 is 0 Å². The number of benzene rings is 2. The number of fused-ring (bicyclic) bond motifs is 1. The molecule has 0 aliphatic carbocycles. The van der Waals surface area contributed by atoms with E-state index in [0.29, 0.717) is 31.9 Å². The third-order valence-corrected chi connectivity index (χ3v) is 12.9. The summed E-state index contributed by atoms with van der Waals surface area (Å²) in [5.41, 5.74) is 5.41. The molecule has 5 rings (SSSR count). The molecule has 0 radical (unpaired) electrons. The normalized spacial score (nSPS) is 13.8. The first-order chi connectivity index (χ1) is 21.3. The molecule has 0 saturated carbocycles. The fraction of sp³-hybridized carbons (Fsp3) is 0.389. The fourth-order valence-electron chi connectivity index (χ4n) is 5.49. The van der Waals surface area contributed by atoms with Crippen LogP contribution in [0.2, 0.25) is 18.1 Å². The first-order valence-electron chi connectivity index (χ1n) is 15.6. The maximum atomic E-state index is 14.0. The molecule has 1 aliphatic rings. The van der Waals surface area contributed by atoms with Gasteiger partial charge >= 0.3 is 0 Å². The minimum atomic E-state index is -2.32. The topological polar surface area (TPSA) is 104 Å². The predicted molar refractivity (Wildman–Crippen MR) is 179 cm³/mol. The maximum Gasteiger partial charge on any atom is 0.272 e. The predicted octanol–water partition coefficient (Wildman–Crippen LogP) is 7.21. The number of ether oxygens (including phenoxy) is 1. The lowest BCUT2D eigenvalue weighted by atomic mass is 9.86. The van der Waals surface area contributed by atoms with Crippen molar-refractivity contribution in [3.8, 4) is 34.2 Å². The summed E-state index contributed by atoms with van der Waals surface area (Å²) in [5.74, 6) is 0.698. The van der Waals surface area contributed by atoms with Gasteiger partial charge in [-0.2, -0.15) is 10.4 Å². The second kappa shape index (κ2) is 12.6. The van der Waals surface area contributed by atoms with Crippen LogP contribution in [0, 0.1) is 11.3 Å². The van der Waals surface area contributed by atoms with Crippen LogP contribution in [0.15, 0.2) is 73.1 Å². The Balaban J connectivity index is 1.37. The molecule has 4 aromatic rings. The van der Waals surface area contributed by atoms with E-state index in [0.717, 1.165) is 52.1 Å². The van der Waals surface area contributed by atoms with E-state index in [2.05, 4.69) is 24.9 Å². The lowest BCUT2D eigenvalue weighted by Crippen LogP contribution is -2.42. The summed E-state index contributed by atoms with van der Waals surface area (Å²) in [4.78, 5) is 30.8. The number of nitrogens with zero attached hydrogens (tertiary/aromatic N) is 5. The van der Waals surface area contributed by atoms with E-state index in [4.69, 9.17) is 9.84 Å². The van der Waals surface area contributed by atoms with Gasteiger partial charge in [-0.05, 0) is 85.8 Å². The Bertz CT molecular complexity index is 1680. The highest BCUT2D eigenvalue weighted by Crippen LogP contribution is 2.40. The van der Waals surface area contributed by atoms with Gasteiger partial charge in [-0.3, -0.25) is 14.5 Å². The van der Waals surface area contributed by atoms with Crippen molar-refractivity contribution in [1.29, 1.82) is 5.26 Å². The number of nitriles is 1. The molecule has 0 bridgehead atoms. The first-order valence-corrected chi connectivity index (χ1v) is 18.5. The molecule has 3 heterocycles. The third-order valence-electron chi connectivity index (χ3n) is 9.37. The van der Waals surface area contributed by atoms with Crippen molar-refractivity contribution >= 4 is 14.2 Å². The smallest absolute Gasteiger partial charge is 0.272 e. The van der Waals surface area contributed by atoms with Crippen molar-refractivity contribution in [2.45, 2.75) is 77.2 Å². The summed E-state index contributed by atoms with van der Waals surface area (Å²) in [7, 11) is -2.32. The van der Waals surface area contributed by atoms with Crippen LogP contribution in [0.25, 0.3) is 22.4 Å². The van der Waals surface area contributed by atoms with Crippen molar-refractivity contribution in [2.75, 3.05) is 13.1 Å². The Morgan fingerprint density at radius 1 is 0.956 bits per heavy atom. The molecule has 0 unspecified atom stereocenters. The minimum Gasteiger partial charge on any atom is -0.489 e. The molecule has 1 N–H and O–H groups in total. The molecule has 2 aromatic heterocycles. The average Bonchev–Trinajstić information content (AvgIpc) is 3.42. The fourth-order valence-corrected chi connectivity index (χ4v) is 6.28. The van der Waals surface area contributed by atoms with Gasteiger partial charge in [0.05, 0.1) is 18.0 Å². The molecule has 0 saturated heterocycles. The second-order valence-electron chi connectivity index (χ2n) is 13.6. The van der Waals surface area contributed by atoms with E-state index in [-0.39, 0.29) is 10.9 Å². The van der Waals surface area contributed by atoms with Crippen molar-refractivity contribution in [2.24, 2.45) is 0 Å². The van der Waals surface area contributed by atoms with E-state index in [9.17, 15) is 14.9 Å². The van der Waals surface area contributed by atoms with Crippen LogP contribution in [0.5, 0.6) is 5.75 Å². The van der Waals surface area contributed by atoms with Crippen LogP contribution in [-0.2, 0) is 18.6 Å². The van der Waals surface area contributed by atoms with Crippen LogP contribution in [0.3, 0.4) is 0 Å². The largest absolute Gasteiger partial charge is 0.489 e. The van der Waals surface area contributed by atoms with Gasteiger partial charge in [0.25, 0.3) is 5.91 Å². The first kappa shape index (κ1) is 32.1. The van der Waals surface area contributed by atoms with Gasteiger partial charge in [0.2, 0.25) is 0 Å². The molecule has 0 fully saturated rings. The number of pyridine rings is 1. The maximum absolute atomic E-state index is 14.0. The quantitative estimate of drug-likeness (QED) is 0.178. The standard InChI is InChI=1S/C36H43N5O3Si/c1-35(2,25-37)29-12-8-26(9-13-29)24-44-30-14-10-27(11-15-30)31-32(28-16-19-38-20-17-28)39-41-23-22-40(34(42)33(31)41)21-7-18-36(3,4)45(5,6)43/h8-17,19-20,43H,7,18,21-24H2,1-6H3. The third kappa shape index (κ3) is 6.87. The zero-order valence-electron chi connectivity index (χ0n) is 27.2. The van der Waals surface area contributed by atoms with Gasteiger partial charge in [-0.15, -0.1) is 0 Å². The van der Waals surface area contributed by atoms with E-state index in [1.165, 1.54) is 0 Å². The second-order valence-corrected chi connectivity index (χ2v) is 18.1. The SMILES string of the molecule is CC(C)(C#N)c1ccc(COc2ccc(-c3c(-c4ccncc4)nn4c3C(=O)N(CCCC(C)(C)[Si](C)(C)O)CC4)cc2)cc1. The molecule has 8 nitrogen and oxygen atoms in total. The highest BCUT2D eigenvalue weighted by molar-refractivity contribution is 6.72. The van der Waals surface area contributed by atoms with E-state index >= 15 is 0 Å². The Morgan fingerprint density at radius 3 is 2.24 bits per heavy atom. The number of carbonyl (C=O) groups is 1. The van der Waals surface area contributed by atoms with Gasteiger partial charge in [0, 0.05) is 36.6 Å². The molecule has 2 aromatic carbocycles. The Kier molecular flexibility index (Phi) is 9.01. The monoisotopic (exact) mass is 621 g/mol. The molecule has 9 heteroatoms. The number of aromatic nitrogens is 3. The van der Waals surface area contributed by atoms with Gasteiger partial charge in [0.15, 0.2) is 8.32 Å². The van der Waals surface area contributed by atoms with Gasteiger partial charge < -0.3 is 14.4 Å². The van der Waals surface area contributed by atoms with E-state index in [1.807, 2.05) is 97.2 Å². The number of amides is 1. The number of carbonyl (C=O) groups excluding carboxylic acids is 1. The molecular formula is C36H43N5O3Si. The molecule has 1 aliphatic heterocycles. The summed E-state index contributed by atoms with van der Waals surface area (Å²) in [6.07, 6.45) is 5.18. The van der Waals surface area contributed by atoms with E-state index in [1.54, 1.807) is 12.4 Å². The Morgan fingerprint density at radius 2 is 1.62 bits per heavy atom. The Labute approximate surface area is 267 Å². The lowest BCUT2D eigenvalue weighted by molar-refractivity contribution is 0.0694. The molecule has 0 atom stereocenters. The molecular weight excluding hydrogens is 579 g/mol. The lowest BCUT2D eigenvalue weighted by Gasteiger charge is -2.36. The zero-order chi connectivity index (χ0) is 32.4. The van der Waals surface area contributed by atoms with Crippen LogP contribution in [0.4, 0.5) is 0 Å². The summed E-state index contributed by atoms with van der Waals surface area (Å²) < 4.78 is 7.94. The van der Waals surface area contributed by atoms with Gasteiger partial charge in [-0.1, -0.05) is 50.2 Å². The van der Waals surface area contributed by atoms with Crippen molar-refractivity contribution in [3.05, 3.63) is 89.9 Å². The van der Waals surface area contributed by atoms with Crippen molar-refractivity contribution < 1.29 is 14.3 Å². The average molecular weight is 622 g/mol. The summed E-state index contributed by atoms with van der Waals surface area (Å²) >= 11 is 0. The number of rotatable bonds is 11. The van der Waals surface area contributed by atoms with Crippen LogP contribution in [0.1, 0.15) is 62.2 Å². The highest BCUT2D eigenvalue weighted by Gasteiger charge is 2.38. The van der Waals surface area contributed by atoms with Crippen molar-refractivity contribution in [1.82, 2.24) is 19.7 Å². The number of hydrogen-bond acceptors (Lipinski definition) is 6. The summed E-state index contributed by atoms with van der Waals surface area (Å²) in [6.45, 7) is 14.3.